The topological polar surface area (TPSA) is 131 Å². The molecule has 0 aromatic carbocycles. The van der Waals surface area contributed by atoms with Gasteiger partial charge in [0.05, 0.1) is 6.54 Å². The lowest BCUT2D eigenvalue weighted by atomic mass is 10.2. The largest absolute Gasteiger partial charge is 0.355 e. The van der Waals surface area contributed by atoms with E-state index in [9.17, 15) is 9.59 Å². The number of aromatic amines is 1. The maximum absolute atomic E-state index is 12.2. The number of nitrogens with one attached hydrogen (secondary N) is 2. The van der Waals surface area contributed by atoms with Gasteiger partial charge in [0.25, 0.3) is 11.5 Å². The molecule has 4 aromatic rings. The highest BCUT2D eigenvalue weighted by molar-refractivity contribution is 5.92. The summed E-state index contributed by atoms with van der Waals surface area (Å²) < 4.78 is 6.67. The molecular formula is C15H11N7O3. The maximum Gasteiger partial charge on any atom is 0.293 e. The number of pyridine rings is 1. The molecule has 0 spiro atoms. The Kier molecular flexibility index (Phi) is 3.54. The first-order valence-electron chi connectivity index (χ1n) is 7.29. The fraction of sp³-hybridized carbons (Fsp3) is 0.0667. The van der Waals surface area contributed by atoms with Crippen molar-refractivity contribution < 1.29 is 9.32 Å². The van der Waals surface area contributed by atoms with Crippen LogP contribution in [-0.2, 0) is 6.54 Å². The third-order valence-corrected chi connectivity index (χ3v) is 3.50. The van der Waals surface area contributed by atoms with E-state index in [1.54, 1.807) is 30.7 Å². The standard InChI is InChI=1S/C15H11N7O3/c23-14(10-6-11(25-21-10)9-2-1-3-16-7-9)18-8-12-19-20-13-15(24)17-4-5-22(12)13/h1-7H,8H2,(H,17,24)(H,18,23). The normalized spacial score (nSPS) is 10.9. The number of carbonyl (C=O) groups is 1. The molecule has 4 rings (SSSR count). The Hall–Kier alpha value is -3.82. The fourth-order valence-electron chi connectivity index (χ4n) is 2.28. The van der Waals surface area contributed by atoms with Gasteiger partial charge in [0, 0.05) is 36.4 Å². The molecule has 0 atom stereocenters. The molecule has 0 saturated heterocycles. The van der Waals surface area contributed by atoms with Crippen molar-refractivity contribution in [2.24, 2.45) is 0 Å². The summed E-state index contributed by atoms with van der Waals surface area (Å²) >= 11 is 0. The van der Waals surface area contributed by atoms with Gasteiger partial charge in [-0.25, -0.2) is 0 Å². The number of amides is 1. The molecule has 0 unspecified atom stereocenters. The molecule has 0 aliphatic rings. The number of hydrogen-bond donors (Lipinski definition) is 2. The second-order valence-electron chi connectivity index (χ2n) is 5.10. The Morgan fingerprint density at radius 3 is 3.12 bits per heavy atom. The molecule has 0 radical (unpaired) electrons. The number of fused-ring (bicyclic) bond motifs is 1. The van der Waals surface area contributed by atoms with Crippen molar-refractivity contribution in [2.45, 2.75) is 6.54 Å². The van der Waals surface area contributed by atoms with Crippen molar-refractivity contribution >= 4 is 11.6 Å². The number of aromatic nitrogens is 6. The summed E-state index contributed by atoms with van der Waals surface area (Å²) in [5.41, 5.74) is 0.652. The predicted octanol–water partition coefficient (Wildman–Crippen LogP) is 0.398. The minimum atomic E-state index is -0.430. The summed E-state index contributed by atoms with van der Waals surface area (Å²) in [7, 11) is 0. The Bertz CT molecular complexity index is 1100. The van der Waals surface area contributed by atoms with Crippen molar-refractivity contribution in [3.63, 3.8) is 0 Å². The molecule has 1 amide bonds. The maximum atomic E-state index is 12.2. The molecule has 4 heterocycles. The van der Waals surface area contributed by atoms with Gasteiger partial charge in [-0.05, 0) is 12.1 Å². The predicted molar refractivity (Wildman–Crippen MR) is 84.5 cm³/mol. The van der Waals surface area contributed by atoms with Crippen LogP contribution in [0.1, 0.15) is 16.3 Å². The van der Waals surface area contributed by atoms with Gasteiger partial charge in [0.1, 0.15) is 0 Å². The van der Waals surface area contributed by atoms with Gasteiger partial charge in [0.2, 0.25) is 5.65 Å². The molecule has 0 aliphatic carbocycles. The minimum absolute atomic E-state index is 0.0819. The van der Waals surface area contributed by atoms with E-state index in [2.05, 4.69) is 30.6 Å². The van der Waals surface area contributed by atoms with Crippen LogP contribution >= 0.6 is 0 Å². The molecular weight excluding hydrogens is 326 g/mol. The highest BCUT2D eigenvalue weighted by atomic mass is 16.5. The van der Waals surface area contributed by atoms with Crippen LogP contribution in [0.5, 0.6) is 0 Å². The van der Waals surface area contributed by atoms with Crippen LogP contribution in [0.15, 0.2) is 52.3 Å². The van der Waals surface area contributed by atoms with E-state index in [0.717, 1.165) is 5.56 Å². The van der Waals surface area contributed by atoms with E-state index < -0.39 is 5.91 Å². The third-order valence-electron chi connectivity index (χ3n) is 3.50. The van der Waals surface area contributed by atoms with Crippen LogP contribution in [0.3, 0.4) is 0 Å². The molecule has 0 bridgehead atoms. The van der Waals surface area contributed by atoms with Crippen molar-refractivity contribution in [3.05, 3.63) is 64.9 Å². The second-order valence-corrected chi connectivity index (χ2v) is 5.10. The quantitative estimate of drug-likeness (QED) is 0.551. The minimum Gasteiger partial charge on any atom is -0.355 e. The Morgan fingerprint density at radius 2 is 2.28 bits per heavy atom. The molecule has 0 saturated carbocycles. The van der Waals surface area contributed by atoms with Gasteiger partial charge < -0.3 is 14.8 Å². The van der Waals surface area contributed by atoms with E-state index in [0.29, 0.717) is 11.6 Å². The molecule has 10 heteroatoms. The summed E-state index contributed by atoms with van der Waals surface area (Å²) in [5.74, 6) is 0.434. The van der Waals surface area contributed by atoms with E-state index in [1.165, 1.54) is 16.7 Å². The van der Waals surface area contributed by atoms with Crippen LogP contribution in [0.25, 0.3) is 17.0 Å². The lowest BCUT2D eigenvalue weighted by Gasteiger charge is -2.01. The first-order chi connectivity index (χ1) is 12.2. The smallest absolute Gasteiger partial charge is 0.293 e. The zero-order valence-electron chi connectivity index (χ0n) is 12.7. The first kappa shape index (κ1) is 14.8. The van der Waals surface area contributed by atoms with Crippen molar-refractivity contribution in [3.8, 4) is 11.3 Å². The van der Waals surface area contributed by atoms with Gasteiger partial charge in [-0.3, -0.25) is 19.0 Å². The van der Waals surface area contributed by atoms with Gasteiger partial charge in [-0.1, -0.05) is 5.16 Å². The van der Waals surface area contributed by atoms with Gasteiger partial charge in [-0.2, -0.15) is 0 Å². The average molecular weight is 337 g/mol. The zero-order chi connectivity index (χ0) is 17.2. The van der Waals surface area contributed by atoms with Crippen LogP contribution in [0.4, 0.5) is 0 Å². The van der Waals surface area contributed by atoms with Gasteiger partial charge in [0.15, 0.2) is 17.3 Å². The van der Waals surface area contributed by atoms with Crippen molar-refractivity contribution in [1.82, 2.24) is 35.0 Å². The molecule has 2 N–H and O–H groups in total. The molecule has 4 aromatic heterocycles. The van der Waals surface area contributed by atoms with E-state index in [1.807, 2.05) is 0 Å². The number of nitrogens with zero attached hydrogens (tertiary/aromatic N) is 5. The molecule has 0 aliphatic heterocycles. The van der Waals surface area contributed by atoms with Gasteiger partial charge in [-0.15, -0.1) is 10.2 Å². The molecule has 124 valence electrons. The fourth-order valence-corrected chi connectivity index (χ4v) is 2.28. The van der Waals surface area contributed by atoms with Crippen LogP contribution in [0.2, 0.25) is 0 Å². The van der Waals surface area contributed by atoms with Crippen LogP contribution in [0, 0.1) is 0 Å². The lowest BCUT2D eigenvalue weighted by Crippen LogP contribution is -2.24. The van der Waals surface area contributed by atoms with E-state index in [4.69, 9.17) is 4.52 Å². The zero-order valence-corrected chi connectivity index (χ0v) is 12.7. The molecule has 25 heavy (non-hydrogen) atoms. The Morgan fingerprint density at radius 1 is 1.36 bits per heavy atom. The van der Waals surface area contributed by atoms with Gasteiger partial charge >= 0.3 is 0 Å². The van der Waals surface area contributed by atoms with Crippen molar-refractivity contribution in [1.29, 1.82) is 0 Å². The number of rotatable bonds is 4. The average Bonchev–Trinajstić information content (AvgIpc) is 3.29. The van der Waals surface area contributed by atoms with E-state index >= 15 is 0 Å². The summed E-state index contributed by atoms with van der Waals surface area (Å²) in [6.45, 7) is 0.0819. The number of H-pyrrole nitrogens is 1. The van der Waals surface area contributed by atoms with Crippen LogP contribution < -0.4 is 10.9 Å². The number of hydrogen-bond acceptors (Lipinski definition) is 7. The van der Waals surface area contributed by atoms with Crippen molar-refractivity contribution in [2.75, 3.05) is 0 Å². The SMILES string of the molecule is O=C(NCc1nnc2c(=O)[nH]ccn12)c1cc(-c2cccnc2)on1. The lowest BCUT2D eigenvalue weighted by molar-refractivity contribution is 0.0941. The second kappa shape index (κ2) is 6.00. The first-order valence-corrected chi connectivity index (χ1v) is 7.29. The Labute approximate surface area is 139 Å². The highest BCUT2D eigenvalue weighted by Gasteiger charge is 2.15. The third kappa shape index (κ3) is 2.76. The summed E-state index contributed by atoms with van der Waals surface area (Å²) in [4.78, 5) is 30.3. The highest BCUT2D eigenvalue weighted by Crippen LogP contribution is 2.18. The van der Waals surface area contributed by atoms with E-state index in [-0.39, 0.29) is 23.4 Å². The number of carbonyl (C=O) groups excluding carboxylic acids is 1. The summed E-state index contributed by atoms with van der Waals surface area (Å²) in [6.07, 6.45) is 6.33. The molecule has 0 fully saturated rings. The Balaban J connectivity index is 1.50. The monoisotopic (exact) mass is 337 g/mol. The molecule has 10 nitrogen and oxygen atoms in total. The van der Waals surface area contributed by atoms with Crippen LogP contribution in [-0.4, -0.2) is 35.6 Å². The summed E-state index contributed by atoms with van der Waals surface area (Å²) in [6, 6.07) is 5.09. The summed E-state index contributed by atoms with van der Waals surface area (Å²) in [5, 5.41) is 14.1.